The zero-order valence-electron chi connectivity index (χ0n) is 16.5. The highest BCUT2D eigenvalue weighted by molar-refractivity contribution is 5.94. The Morgan fingerprint density at radius 3 is 2.56 bits per heavy atom. The van der Waals surface area contributed by atoms with E-state index in [2.05, 4.69) is 30.1 Å². The molecule has 2 heterocycles. The molecule has 1 aliphatic heterocycles. The second-order valence-corrected chi connectivity index (χ2v) is 7.18. The molecule has 1 atom stereocenters. The summed E-state index contributed by atoms with van der Waals surface area (Å²) < 4.78 is 5.37. The number of ether oxygens (including phenoxy) is 1. The lowest BCUT2D eigenvalue weighted by molar-refractivity contribution is 0.0342. The van der Waals surface area contributed by atoms with E-state index in [1.54, 1.807) is 0 Å². The van der Waals surface area contributed by atoms with Crippen LogP contribution in [-0.4, -0.2) is 54.7 Å². The fourth-order valence-corrected chi connectivity index (χ4v) is 3.41. The summed E-state index contributed by atoms with van der Waals surface area (Å²) in [6.45, 7) is 10.5. The molecule has 2 aromatic rings. The molecule has 1 unspecified atom stereocenters. The highest BCUT2D eigenvalue weighted by Crippen LogP contribution is 2.20. The average molecular weight is 367 g/mol. The standard InChI is InChI=1S/C22H29N3O2/c1-4-20-16(2)5-10-21(24-20)18-6-8-19(9-7-18)22(26)23-17(3)15-25-11-13-27-14-12-25/h5-10,17H,4,11-15H2,1-3H3,(H,23,26). The zero-order chi connectivity index (χ0) is 19.2. The molecule has 0 radical (unpaired) electrons. The fourth-order valence-electron chi connectivity index (χ4n) is 3.41. The minimum atomic E-state index is -0.0339. The number of carbonyl (C=O) groups is 1. The normalized spacial score (nSPS) is 16.1. The Bertz CT molecular complexity index is 768. The maximum atomic E-state index is 12.5. The Kier molecular flexibility index (Phi) is 6.58. The van der Waals surface area contributed by atoms with Gasteiger partial charge in [0.05, 0.1) is 18.9 Å². The number of pyridine rings is 1. The highest BCUT2D eigenvalue weighted by Gasteiger charge is 2.16. The molecule has 0 spiro atoms. The fraction of sp³-hybridized carbons (Fsp3) is 0.455. The maximum absolute atomic E-state index is 12.5. The van der Waals surface area contributed by atoms with Crippen molar-refractivity contribution in [3.05, 3.63) is 53.2 Å². The monoisotopic (exact) mass is 367 g/mol. The van der Waals surface area contributed by atoms with Crippen LogP contribution in [0.3, 0.4) is 0 Å². The van der Waals surface area contributed by atoms with Crippen LogP contribution in [-0.2, 0) is 11.2 Å². The van der Waals surface area contributed by atoms with Crippen molar-refractivity contribution in [2.45, 2.75) is 33.2 Å². The molecule has 0 saturated carbocycles. The van der Waals surface area contributed by atoms with Gasteiger partial charge in [0.2, 0.25) is 0 Å². The van der Waals surface area contributed by atoms with Gasteiger partial charge in [-0.25, -0.2) is 0 Å². The van der Waals surface area contributed by atoms with Gasteiger partial charge in [0.1, 0.15) is 0 Å². The number of hydrogen-bond donors (Lipinski definition) is 1. The molecule has 27 heavy (non-hydrogen) atoms. The molecule has 1 amide bonds. The van der Waals surface area contributed by atoms with Crippen molar-refractivity contribution in [3.8, 4) is 11.3 Å². The van der Waals surface area contributed by atoms with Crippen molar-refractivity contribution in [2.24, 2.45) is 0 Å². The van der Waals surface area contributed by atoms with Crippen molar-refractivity contribution >= 4 is 5.91 Å². The van der Waals surface area contributed by atoms with E-state index in [4.69, 9.17) is 9.72 Å². The first-order valence-electron chi connectivity index (χ1n) is 9.74. The van der Waals surface area contributed by atoms with Crippen LogP contribution in [0.5, 0.6) is 0 Å². The third kappa shape index (κ3) is 5.15. The van der Waals surface area contributed by atoms with Gasteiger partial charge in [0, 0.05) is 42.5 Å². The summed E-state index contributed by atoms with van der Waals surface area (Å²) in [5.74, 6) is -0.0339. The molecule has 1 fully saturated rings. The van der Waals surface area contributed by atoms with Gasteiger partial charge in [-0.15, -0.1) is 0 Å². The summed E-state index contributed by atoms with van der Waals surface area (Å²) in [4.78, 5) is 19.6. The number of rotatable bonds is 6. The topological polar surface area (TPSA) is 54.5 Å². The number of aryl methyl sites for hydroxylation is 2. The number of aromatic nitrogens is 1. The van der Waals surface area contributed by atoms with Gasteiger partial charge >= 0.3 is 0 Å². The first-order chi connectivity index (χ1) is 13.1. The molecule has 1 saturated heterocycles. The van der Waals surface area contributed by atoms with E-state index in [1.165, 1.54) is 5.56 Å². The molecule has 5 nitrogen and oxygen atoms in total. The molecule has 1 aliphatic rings. The van der Waals surface area contributed by atoms with Gasteiger partial charge in [0.25, 0.3) is 5.91 Å². The maximum Gasteiger partial charge on any atom is 0.251 e. The zero-order valence-corrected chi connectivity index (χ0v) is 16.5. The number of amides is 1. The van der Waals surface area contributed by atoms with E-state index in [9.17, 15) is 4.79 Å². The molecule has 1 N–H and O–H groups in total. The van der Waals surface area contributed by atoms with E-state index in [1.807, 2.05) is 37.3 Å². The third-order valence-corrected chi connectivity index (χ3v) is 4.99. The van der Waals surface area contributed by atoms with Crippen LogP contribution in [0.2, 0.25) is 0 Å². The Morgan fingerprint density at radius 2 is 1.89 bits per heavy atom. The lowest BCUT2D eigenvalue weighted by Gasteiger charge is -2.29. The van der Waals surface area contributed by atoms with Crippen LogP contribution in [0.4, 0.5) is 0 Å². The van der Waals surface area contributed by atoms with Crippen LogP contribution < -0.4 is 5.32 Å². The Labute approximate surface area is 161 Å². The predicted octanol–water partition coefficient (Wildman–Crippen LogP) is 3.07. The Hall–Kier alpha value is -2.24. The Morgan fingerprint density at radius 1 is 1.19 bits per heavy atom. The van der Waals surface area contributed by atoms with Crippen LogP contribution in [0.1, 0.15) is 35.5 Å². The van der Waals surface area contributed by atoms with E-state index >= 15 is 0 Å². The minimum Gasteiger partial charge on any atom is -0.379 e. The minimum absolute atomic E-state index is 0.0339. The summed E-state index contributed by atoms with van der Waals surface area (Å²) in [6.07, 6.45) is 0.918. The predicted molar refractivity (Wildman–Crippen MR) is 108 cm³/mol. The summed E-state index contributed by atoms with van der Waals surface area (Å²) in [5.41, 5.74) is 4.99. The largest absolute Gasteiger partial charge is 0.379 e. The van der Waals surface area contributed by atoms with E-state index in [0.717, 1.165) is 56.2 Å². The number of hydrogen-bond acceptors (Lipinski definition) is 4. The molecule has 3 rings (SSSR count). The lowest BCUT2D eigenvalue weighted by atomic mass is 10.1. The molecular formula is C22H29N3O2. The van der Waals surface area contributed by atoms with Gasteiger partial charge in [-0.1, -0.05) is 25.1 Å². The molecule has 0 bridgehead atoms. The van der Waals surface area contributed by atoms with E-state index in [0.29, 0.717) is 5.56 Å². The molecule has 5 heteroatoms. The first-order valence-corrected chi connectivity index (χ1v) is 9.74. The first kappa shape index (κ1) is 19.5. The highest BCUT2D eigenvalue weighted by atomic mass is 16.5. The van der Waals surface area contributed by atoms with Crippen molar-refractivity contribution in [1.82, 2.24) is 15.2 Å². The number of benzene rings is 1. The average Bonchev–Trinajstić information content (AvgIpc) is 2.69. The summed E-state index contributed by atoms with van der Waals surface area (Å²) in [6, 6.07) is 11.9. The molecule has 1 aromatic carbocycles. The van der Waals surface area contributed by atoms with Crippen molar-refractivity contribution in [3.63, 3.8) is 0 Å². The van der Waals surface area contributed by atoms with Crippen LogP contribution >= 0.6 is 0 Å². The van der Waals surface area contributed by atoms with Crippen LogP contribution in [0, 0.1) is 6.92 Å². The number of morpholine rings is 1. The van der Waals surface area contributed by atoms with E-state index in [-0.39, 0.29) is 11.9 Å². The van der Waals surface area contributed by atoms with Gasteiger partial charge in [-0.3, -0.25) is 14.7 Å². The molecule has 1 aromatic heterocycles. The molecule has 0 aliphatic carbocycles. The quantitative estimate of drug-likeness (QED) is 0.853. The van der Waals surface area contributed by atoms with Crippen LogP contribution in [0.25, 0.3) is 11.3 Å². The van der Waals surface area contributed by atoms with Gasteiger partial charge in [-0.05, 0) is 44.0 Å². The molecular weight excluding hydrogens is 338 g/mol. The van der Waals surface area contributed by atoms with Crippen LogP contribution in [0.15, 0.2) is 36.4 Å². The summed E-state index contributed by atoms with van der Waals surface area (Å²) in [5, 5.41) is 3.09. The van der Waals surface area contributed by atoms with Crippen molar-refractivity contribution in [2.75, 3.05) is 32.8 Å². The second kappa shape index (κ2) is 9.11. The molecule has 144 valence electrons. The van der Waals surface area contributed by atoms with Crippen molar-refractivity contribution in [1.29, 1.82) is 0 Å². The van der Waals surface area contributed by atoms with Gasteiger partial charge < -0.3 is 10.1 Å². The number of carbonyl (C=O) groups excluding carboxylic acids is 1. The smallest absolute Gasteiger partial charge is 0.251 e. The third-order valence-electron chi connectivity index (χ3n) is 4.99. The number of nitrogens with one attached hydrogen (secondary N) is 1. The summed E-state index contributed by atoms with van der Waals surface area (Å²) in [7, 11) is 0. The van der Waals surface area contributed by atoms with Gasteiger partial charge in [-0.2, -0.15) is 0 Å². The number of nitrogens with zero attached hydrogens (tertiary/aromatic N) is 2. The summed E-state index contributed by atoms with van der Waals surface area (Å²) >= 11 is 0. The Balaban J connectivity index is 1.61. The second-order valence-electron chi connectivity index (χ2n) is 7.18. The SMILES string of the molecule is CCc1nc(-c2ccc(C(=O)NC(C)CN3CCOCC3)cc2)ccc1C. The lowest BCUT2D eigenvalue weighted by Crippen LogP contribution is -2.46. The van der Waals surface area contributed by atoms with Crippen molar-refractivity contribution < 1.29 is 9.53 Å². The van der Waals surface area contributed by atoms with E-state index < -0.39 is 0 Å². The van der Waals surface area contributed by atoms with Gasteiger partial charge in [0.15, 0.2) is 0 Å².